The van der Waals surface area contributed by atoms with Crippen molar-refractivity contribution in [3.05, 3.63) is 51.5 Å². The van der Waals surface area contributed by atoms with Gasteiger partial charge in [0.1, 0.15) is 6.07 Å². The molecular weight excluding hydrogens is 344 g/mol. The summed E-state index contributed by atoms with van der Waals surface area (Å²) in [5, 5.41) is 13.2. The second-order valence-electron chi connectivity index (χ2n) is 3.75. The van der Waals surface area contributed by atoms with Crippen LogP contribution in [0.15, 0.2) is 45.8 Å². The Morgan fingerprint density at radius 3 is 2.74 bits per heavy atom. The average molecular weight is 354 g/mol. The van der Waals surface area contributed by atoms with Gasteiger partial charge in [-0.05, 0) is 52.5 Å². The van der Waals surface area contributed by atoms with E-state index in [0.29, 0.717) is 10.6 Å². The van der Waals surface area contributed by atoms with Gasteiger partial charge in [-0.15, -0.1) is 11.8 Å². The molecular formula is C14H10BrClN2S. The van der Waals surface area contributed by atoms with E-state index in [1.54, 1.807) is 17.8 Å². The van der Waals surface area contributed by atoms with Crippen molar-refractivity contribution in [2.24, 2.45) is 0 Å². The van der Waals surface area contributed by atoms with Crippen LogP contribution in [0.4, 0.5) is 11.4 Å². The zero-order valence-electron chi connectivity index (χ0n) is 10.1. The largest absolute Gasteiger partial charge is 0.354 e. The molecule has 0 aromatic heterocycles. The molecule has 0 spiro atoms. The molecule has 0 bridgehead atoms. The first-order valence-electron chi connectivity index (χ1n) is 5.45. The van der Waals surface area contributed by atoms with Crippen molar-refractivity contribution >= 4 is 50.7 Å². The number of hydrogen-bond acceptors (Lipinski definition) is 3. The smallest absolute Gasteiger partial charge is 0.103 e. The Morgan fingerprint density at radius 2 is 2.11 bits per heavy atom. The number of hydrogen-bond donors (Lipinski definition) is 1. The van der Waals surface area contributed by atoms with Crippen LogP contribution in [0.1, 0.15) is 5.56 Å². The Bertz CT molecular complexity index is 652. The summed E-state index contributed by atoms with van der Waals surface area (Å²) < 4.78 is 0.818. The van der Waals surface area contributed by atoms with Gasteiger partial charge >= 0.3 is 0 Å². The summed E-state index contributed by atoms with van der Waals surface area (Å²) >= 11 is 10.9. The Labute approximate surface area is 129 Å². The monoisotopic (exact) mass is 352 g/mol. The topological polar surface area (TPSA) is 35.8 Å². The van der Waals surface area contributed by atoms with E-state index in [1.165, 1.54) is 0 Å². The van der Waals surface area contributed by atoms with Crippen LogP contribution in [-0.4, -0.2) is 6.26 Å². The first-order chi connectivity index (χ1) is 9.15. The Balaban J connectivity index is 2.38. The van der Waals surface area contributed by atoms with Gasteiger partial charge in [-0.1, -0.05) is 17.7 Å². The fourth-order valence-corrected chi connectivity index (χ4v) is 2.72. The van der Waals surface area contributed by atoms with Gasteiger partial charge in [0.05, 0.1) is 16.3 Å². The number of thioether (sulfide) groups is 1. The minimum absolute atomic E-state index is 0.654. The molecule has 0 unspecified atom stereocenters. The zero-order chi connectivity index (χ0) is 13.8. The predicted octanol–water partition coefficient (Wildman–Crippen LogP) is 5.44. The third-order valence-corrected chi connectivity index (χ3v) is 4.55. The van der Waals surface area contributed by atoms with Crippen molar-refractivity contribution in [3.8, 4) is 6.07 Å². The molecule has 0 atom stereocenters. The van der Waals surface area contributed by atoms with E-state index in [2.05, 4.69) is 27.3 Å². The number of nitrogens with one attached hydrogen (secondary N) is 1. The summed E-state index contributed by atoms with van der Waals surface area (Å²) in [6, 6.07) is 13.6. The fourth-order valence-electron chi connectivity index (χ4n) is 1.65. The van der Waals surface area contributed by atoms with E-state index >= 15 is 0 Å². The van der Waals surface area contributed by atoms with Crippen LogP contribution >= 0.6 is 39.3 Å². The van der Waals surface area contributed by atoms with Crippen LogP contribution in [0.2, 0.25) is 5.02 Å². The number of nitriles is 1. The highest BCUT2D eigenvalue weighted by Gasteiger charge is 2.08. The molecule has 2 aromatic rings. The third-order valence-electron chi connectivity index (χ3n) is 2.56. The fraction of sp³-hybridized carbons (Fsp3) is 0.0714. The highest BCUT2D eigenvalue weighted by Crippen LogP contribution is 2.31. The molecule has 0 saturated heterocycles. The minimum Gasteiger partial charge on any atom is -0.354 e. The molecule has 0 heterocycles. The lowest BCUT2D eigenvalue weighted by atomic mass is 10.2. The van der Waals surface area contributed by atoms with Gasteiger partial charge in [-0.3, -0.25) is 0 Å². The van der Waals surface area contributed by atoms with Crippen LogP contribution in [0.3, 0.4) is 0 Å². The molecule has 2 nitrogen and oxygen atoms in total. The van der Waals surface area contributed by atoms with Gasteiger partial charge in [-0.25, -0.2) is 0 Å². The first-order valence-corrected chi connectivity index (χ1v) is 7.84. The summed E-state index contributed by atoms with van der Waals surface area (Å²) in [7, 11) is 0. The predicted molar refractivity (Wildman–Crippen MR) is 85.4 cm³/mol. The van der Waals surface area contributed by atoms with Crippen LogP contribution < -0.4 is 5.32 Å². The average Bonchev–Trinajstić information content (AvgIpc) is 2.42. The van der Waals surface area contributed by atoms with Crippen molar-refractivity contribution in [1.29, 1.82) is 5.26 Å². The van der Waals surface area contributed by atoms with Gasteiger partial charge < -0.3 is 5.32 Å². The molecule has 5 heteroatoms. The number of nitrogens with zero attached hydrogens (tertiary/aromatic N) is 1. The van der Waals surface area contributed by atoms with Gasteiger partial charge in [0, 0.05) is 15.1 Å². The van der Waals surface area contributed by atoms with Gasteiger partial charge in [0.15, 0.2) is 0 Å². The lowest BCUT2D eigenvalue weighted by molar-refractivity contribution is 1.36. The minimum atomic E-state index is 0.654. The molecule has 0 saturated carbocycles. The lowest BCUT2D eigenvalue weighted by Crippen LogP contribution is -1.95. The number of benzene rings is 2. The summed E-state index contributed by atoms with van der Waals surface area (Å²) in [6.45, 7) is 0. The summed E-state index contributed by atoms with van der Waals surface area (Å²) in [4.78, 5) is 0.959. The quantitative estimate of drug-likeness (QED) is 0.746. The molecule has 1 N–H and O–H groups in total. The van der Waals surface area contributed by atoms with Gasteiger partial charge in [0.25, 0.3) is 0 Å². The molecule has 2 aromatic carbocycles. The molecule has 19 heavy (non-hydrogen) atoms. The Morgan fingerprint density at radius 1 is 1.32 bits per heavy atom. The molecule has 0 amide bonds. The highest BCUT2D eigenvalue weighted by atomic mass is 79.9. The van der Waals surface area contributed by atoms with Crippen LogP contribution in [-0.2, 0) is 0 Å². The summed E-state index contributed by atoms with van der Waals surface area (Å²) in [6.07, 6.45) is 1.96. The highest BCUT2D eigenvalue weighted by molar-refractivity contribution is 9.10. The third kappa shape index (κ3) is 3.24. The molecule has 2 rings (SSSR count). The first kappa shape index (κ1) is 14.3. The van der Waals surface area contributed by atoms with E-state index in [1.807, 2.05) is 36.6 Å². The standard InChI is InChI=1S/C14H10BrClN2S/c1-19-14-4-2-3-13(10(14)8-17)18-9-5-6-12(16)11(15)7-9/h2-7,18H,1H3. The van der Waals surface area contributed by atoms with Gasteiger partial charge in [-0.2, -0.15) is 5.26 Å². The maximum absolute atomic E-state index is 9.27. The Kier molecular flexibility index (Phi) is 4.76. The van der Waals surface area contributed by atoms with Crippen LogP contribution in [0.5, 0.6) is 0 Å². The summed E-state index contributed by atoms with van der Waals surface area (Å²) in [5.74, 6) is 0. The second kappa shape index (κ2) is 6.33. The lowest BCUT2D eigenvalue weighted by Gasteiger charge is -2.11. The van der Waals surface area contributed by atoms with Crippen molar-refractivity contribution in [2.75, 3.05) is 11.6 Å². The van der Waals surface area contributed by atoms with Crippen molar-refractivity contribution in [3.63, 3.8) is 0 Å². The maximum atomic E-state index is 9.27. The van der Waals surface area contributed by atoms with Crippen LogP contribution in [0.25, 0.3) is 0 Å². The molecule has 0 aliphatic heterocycles. The normalized spacial score (nSPS) is 10.0. The van der Waals surface area contributed by atoms with Crippen molar-refractivity contribution in [1.82, 2.24) is 0 Å². The number of halogens is 2. The van der Waals surface area contributed by atoms with Crippen molar-refractivity contribution in [2.45, 2.75) is 4.90 Å². The van der Waals surface area contributed by atoms with E-state index in [0.717, 1.165) is 20.7 Å². The maximum Gasteiger partial charge on any atom is 0.103 e. The van der Waals surface area contributed by atoms with Gasteiger partial charge in [0.2, 0.25) is 0 Å². The van der Waals surface area contributed by atoms with E-state index in [-0.39, 0.29) is 0 Å². The molecule has 0 aliphatic rings. The second-order valence-corrected chi connectivity index (χ2v) is 5.86. The molecule has 0 aliphatic carbocycles. The molecule has 96 valence electrons. The number of anilines is 2. The zero-order valence-corrected chi connectivity index (χ0v) is 13.2. The molecule has 0 radical (unpaired) electrons. The van der Waals surface area contributed by atoms with Crippen LogP contribution in [0, 0.1) is 11.3 Å². The number of rotatable bonds is 3. The van der Waals surface area contributed by atoms with Crippen molar-refractivity contribution < 1.29 is 0 Å². The Hall–Kier alpha value is -1.15. The molecule has 0 fully saturated rings. The van der Waals surface area contributed by atoms with E-state index in [4.69, 9.17) is 11.6 Å². The SMILES string of the molecule is CSc1cccc(Nc2ccc(Cl)c(Br)c2)c1C#N. The van der Waals surface area contributed by atoms with E-state index in [9.17, 15) is 5.26 Å². The summed E-state index contributed by atoms with van der Waals surface area (Å²) in [5.41, 5.74) is 2.33. The van der Waals surface area contributed by atoms with E-state index < -0.39 is 0 Å².